The van der Waals surface area contributed by atoms with Crippen molar-refractivity contribution in [2.45, 2.75) is 45.0 Å². The summed E-state index contributed by atoms with van der Waals surface area (Å²) in [6.07, 6.45) is 4.10. The molecule has 0 saturated heterocycles. The van der Waals surface area contributed by atoms with Gasteiger partial charge in [-0.15, -0.1) is 0 Å². The minimum atomic E-state index is -2.28. The summed E-state index contributed by atoms with van der Waals surface area (Å²) in [5.74, 6) is -2.55. The van der Waals surface area contributed by atoms with E-state index in [1.54, 1.807) is 0 Å². The molecule has 0 heterocycles. The average Bonchev–Trinajstić information content (AvgIpc) is 2.41. The molecule has 1 aliphatic carbocycles. The highest BCUT2D eigenvalue weighted by atomic mass is 19.3. The van der Waals surface area contributed by atoms with Crippen molar-refractivity contribution in [1.82, 2.24) is 0 Å². The van der Waals surface area contributed by atoms with Crippen molar-refractivity contribution in [1.29, 1.82) is 0 Å². The van der Waals surface area contributed by atoms with Gasteiger partial charge in [-0.25, -0.2) is 8.78 Å². The van der Waals surface area contributed by atoms with Gasteiger partial charge in [0.25, 0.3) is 5.92 Å². The maximum Gasteiger partial charge on any atom is 0.251 e. The average molecular weight is 148 g/mol. The van der Waals surface area contributed by atoms with Crippen molar-refractivity contribution >= 4 is 0 Å². The van der Waals surface area contributed by atoms with E-state index in [0.29, 0.717) is 0 Å². The Morgan fingerprint density at radius 1 is 1.40 bits per heavy atom. The topological polar surface area (TPSA) is 0 Å². The van der Waals surface area contributed by atoms with E-state index in [1.807, 2.05) is 0 Å². The number of rotatable bonds is 4. The molecular formula is C8H14F2. The Balaban J connectivity index is 1.97. The summed E-state index contributed by atoms with van der Waals surface area (Å²) in [6.45, 7) is 2.09. The summed E-state index contributed by atoms with van der Waals surface area (Å²) in [7, 11) is 0. The van der Waals surface area contributed by atoms with Crippen LogP contribution < -0.4 is 0 Å². The molecular weight excluding hydrogens is 134 g/mol. The number of hydrogen-bond donors (Lipinski definition) is 0. The fourth-order valence-corrected chi connectivity index (χ4v) is 1.22. The van der Waals surface area contributed by atoms with Crippen LogP contribution in [0.1, 0.15) is 39.0 Å². The number of halogens is 2. The van der Waals surface area contributed by atoms with E-state index < -0.39 is 5.92 Å². The molecule has 2 heteroatoms. The molecule has 1 rings (SSSR count). The Labute approximate surface area is 60.6 Å². The van der Waals surface area contributed by atoms with E-state index in [2.05, 4.69) is 6.92 Å². The maximum absolute atomic E-state index is 12.2. The van der Waals surface area contributed by atoms with Crippen LogP contribution in [-0.2, 0) is 0 Å². The van der Waals surface area contributed by atoms with Crippen LogP contribution in [0.2, 0.25) is 0 Å². The predicted molar refractivity (Wildman–Crippen MR) is 37.2 cm³/mol. The lowest BCUT2D eigenvalue weighted by molar-refractivity contribution is 0.0964. The molecule has 60 valence electrons. The molecule has 0 bridgehead atoms. The van der Waals surface area contributed by atoms with E-state index >= 15 is 0 Å². The lowest BCUT2D eigenvalue weighted by atomic mass is 10.1. The van der Waals surface area contributed by atoms with Crippen LogP contribution in [0.3, 0.4) is 0 Å². The smallest absolute Gasteiger partial charge is 0.207 e. The zero-order valence-corrected chi connectivity index (χ0v) is 6.37. The first-order valence-corrected chi connectivity index (χ1v) is 4.04. The van der Waals surface area contributed by atoms with Gasteiger partial charge < -0.3 is 0 Å². The Morgan fingerprint density at radius 2 is 2.00 bits per heavy atom. The van der Waals surface area contributed by atoms with Crippen molar-refractivity contribution in [3.8, 4) is 0 Å². The largest absolute Gasteiger partial charge is 0.251 e. The van der Waals surface area contributed by atoms with Gasteiger partial charge in [-0.05, 0) is 6.42 Å². The van der Waals surface area contributed by atoms with Gasteiger partial charge in [0.15, 0.2) is 0 Å². The lowest BCUT2D eigenvalue weighted by Gasteiger charge is -1.96. The molecule has 1 atom stereocenters. The Morgan fingerprint density at radius 3 is 2.40 bits per heavy atom. The van der Waals surface area contributed by atoms with Gasteiger partial charge in [0, 0.05) is 12.3 Å². The van der Waals surface area contributed by atoms with E-state index in [0.717, 1.165) is 25.7 Å². The highest BCUT2D eigenvalue weighted by molar-refractivity contribution is 4.94. The van der Waals surface area contributed by atoms with Gasteiger partial charge >= 0.3 is 0 Å². The summed E-state index contributed by atoms with van der Waals surface area (Å²) < 4.78 is 24.4. The van der Waals surface area contributed by atoms with Gasteiger partial charge in [0.2, 0.25) is 0 Å². The minimum absolute atomic E-state index is 0.150. The molecule has 1 saturated carbocycles. The van der Waals surface area contributed by atoms with E-state index in [1.165, 1.54) is 0 Å². The molecule has 0 aromatic rings. The summed E-state index contributed by atoms with van der Waals surface area (Å²) >= 11 is 0. The van der Waals surface area contributed by atoms with Gasteiger partial charge in [-0.3, -0.25) is 0 Å². The fourth-order valence-electron chi connectivity index (χ4n) is 1.22. The maximum atomic E-state index is 12.2. The molecule has 0 aromatic carbocycles. The lowest BCUT2D eigenvalue weighted by Crippen LogP contribution is -1.92. The summed E-state index contributed by atoms with van der Waals surface area (Å²) in [6, 6.07) is 0. The number of alkyl halides is 2. The molecule has 1 aliphatic rings. The summed E-state index contributed by atoms with van der Waals surface area (Å²) in [4.78, 5) is 0. The fraction of sp³-hybridized carbons (Fsp3) is 1.00. The van der Waals surface area contributed by atoms with E-state index in [-0.39, 0.29) is 12.3 Å². The molecule has 0 radical (unpaired) electrons. The SMILES string of the molecule is CCCCCC1CC1(F)F. The van der Waals surface area contributed by atoms with Gasteiger partial charge in [-0.1, -0.05) is 26.2 Å². The second-order valence-corrected chi connectivity index (χ2v) is 3.16. The first-order valence-electron chi connectivity index (χ1n) is 4.04. The van der Waals surface area contributed by atoms with Crippen LogP contribution in [0, 0.1) is 5.92 Å². The highest BCUT2D eigenvalue weighted by Crippen LogP contribution is 2.51. The molecule has 1 fully saturated rings. The minimum Gasteiger partial charge on any atom is -0.207 e. The molecule has 0 N–H and O–H groups in total. The van der Waals surface area contributed by atoms with Crippen LogP contribution in [0.15, 0.2) is 0 Å². The van der Waals surface area contributed by atoms with Crippen LogP contribution in [0.25, 0.3) is 0 Å². The van der Waals surface area contributed by atoms with Crippen LogP contribution >= 0.6 is 0 Å². The number of hydrogen-bond acceptors (Lipinski definition) is 0. The third kappa shape index (κ3) is 1.93. The van der Waals surface area contributed by atoms with Crippen LogP contribution in [0.5, 0.6) is 0 Å². The molecule has 0 aromatic heterocycles. The predicted octanol–water partition coefficient (Wildman–Crippen LogP) is 3.22. The summed E-state index contributed by atoms with van der Waals surface area (Å²) in [5, 5.41) is 0. The van der Waals surface area contributed by atoms with Gasteiger partial charge in [0.1, 0.15) is 0 Å². The molecule has 10 heavy (non-hydrogen) atoms. The Bertz CT molecular complexity index is 110. The standard InChI is InChI=1S/C8H14F2/c1-2-3-4-5-7-6-8(7,9)10/h7H,2-6H2,1H3. The highest BCUT2D eigenvalue weighted by Gasteiger charge is 2.55. The Kier molecular flexibility index (Phi) is 2.27. The summed E-state index contributed by atoms with van der Waals surface area (Å²) in [5.41, 5.74) is 0. The van der Waals surface area contributed by atoms with Crippen molar-refractivity contribution in [2.24, 2.45) is 5.92 Å². The van der Waals surface area contributed by atoms with Crippen LogP contribution in [0.4, 0.5) is 8.78 Å². The molecule has 0 nitrogen and oxygen atoms in total. The first-order chi connectivity index (χ1) is 4.67. The third-order valence-corrected chi connectivity index (χ3v) is 2.11. The third-order valence-electron chi connectivity index (χ3n) is 2.11. The second-order valence-electron chi connectivity index (χ2n) is 3.16. The van der Waals surface area contributed by atoms with Crippen LogP contribution in [-0.4, -0.2) is 5.92 Å². The van der Waals surface area contributed by atoms with Crippen molar-refractivity contribution in [2.75, 3.05) is 0 Å². The molecule has 1 unspecified atom stereocenters. The van der Waals surface area contributed by atoms with Crippen molar-refractivity contribution in [3.05, 3.63) is 0 Å². The van der Waals surface area contributed by atoms with Gasteiger partial charge in [0.05, 0.1) is 0 Å². The second kappa shape index (κ2) is 2.85. The zero-order chi connectivity index (χ0) is 7.61. The number of unbranched alkanes of at least 4 members (excludes halogenated alkanes) is 2. The first kappa shape index (κ1) is 7.96. The molecule has 0 spiro atoms. The van der Waals surface area contributed by atoms with E-state index in [9.17, 15) is 8.78 Å². The zero-order valence-electron chi connectivity index (χ0n) is 6.37. The van der Waals surface area contributed by atoms with Crippen molar-refractivity contribution in [3.63, 3.8) is 0 Å². The van der Waals surface area contributed by atoms with Crippen molar-refractivity contribution < 1.29 is 8.78 Å². The van der Waals surface area contributed by atoms with Gasteiger partial charge in [-0.2, -0.15) is 0 Å². The molecule has 0 aliphatic heterocycles. The Hall–Kier alpha value is -0.140. The molecule has 0 amide bonds. The normalized spacial score (nSPS) is 28.5. The quantitative estimate of drug-likeness (QED) is 0.537. The monoisotopic (exact) mass is 148 g/mol. The van der Waals surface area contributed by atoms with E-state index in [4.69, 9.17) is 0 Å².